The molecule has 112 valence electrons. The molecule has 0 saturated carbocycles. The number of hydrogen-bond donors (Lipinski definition) is 2. The molecule has 0 aliphatic heterocycles. The van der Waals surface area contributed by atoms with Crippen LogP contribution in [0.5, 0.6) is 0 Å². The van der Waals surface area contributed by atoms with Crippen molar-refractivity contribution in [3.8, 4) is 0 Å². The topological polar surface area (TPSA) is 101 Å². The van der Waals surface area contributed by atoms with E-state index >= 15 is 0 Å². The molecule has 0 unspecified atom stereocenters. The van der Waals surface area contributed by atoms with E-state index in [2.05, 4.69) is 10.6 Å². The number of anilines is 2. The quantitative estimate of drug-likeness (QED) is 0.516. The third kappa shape index (κ3) is 3.63. The van der Waals surface area contributed by atoms with Crippen molar-refractivity contribution in [2.75, 3.05) is 10.6 Å². The van der Waals surface area contributed by atoms with Crippen LogP contribution in [-0.2, 0) is 9.59 Å². The van der Waals surface area contributed by atoms with Gasteiger partial charge in [0.05, 0.1) is 4.92 Å². The molecule has 0 saturated heterocycles. The highest BCUT2D eigenvalue weighted by atomic mass is 19.1. The summed E-state index contributed by atoms with van der Waals surface area (Å²) in [7, 11) is 0. The largest absolute Gasteiger partial charge is 0.318 e. The monoisotopic (exact) mass is 303 g/mol. The van der Waals surface area contributed by atoms with Crippen molar-refractivity contribution in [2.45, 2.75) is 0 Å². The molecule has 2 amide bonds. The van der Waals surface area contributed by atoms with Crippen LogP contribution in [0.4, 0.5) is 21.5 Å². The van der Waals surface area contributed by atoms with Crippen molar-refractivity contribution in [2.24, 2.45) is 0 Å². The zero-order chi connectivity index (χ0) is 16.1. The third-order valence-electron chi connectivity index (χ3n) is 2.64. The van der Waals surface area contributed by atoms with Crippen molar-refractivity contribution in [1.82, 2.24) is 0 Å². The second-order valence-electron chi connectivity index (χ2n) is 4.19. The number of carbonyl (C=O) groups is 2. The van der Waals surface area contributed by atoms with E-state index in [4.69, 9.17) is 0 Å². The minimum absolute atomic E-state index is 0.0997. The van der Waals surface area contributed by atoms with Gasteiger partial charge in [-0.05, 0) is 24.3 Å². The second-order valence-corrected chi connectivity index (χ2v) is 4.19. The minimum Gasteiger partial charge on any atom is -0.318 e. The van der Waals surface area contributed by atoms with Crippen molar-refractivity contribution in [1.29, 1.82) is 0 Å². The maximum Gasteiger partial charge on any atom is 0.314 e. The van der Waals surface area contributed by atoms with Gasteiger partial charge in [-0.2, -0.15) is 0 Å². The molecule has 7 nitrogen and oxygen atoms in total. The Morgan fingerprint density at radius 1 is 1.00 bits per heavy atom. The fourth-order valence-electron chi connectivity index (χ4n) is 1.67. The lowest BCUT2D eigenvalue weighted by atomic mass is 10.2. The molecule has 2 aromatic carbocycles. The number of nitrogens with zero attached hydrogens (tertiary/aromatic N) is 1. The molecule has 8 heteroatoms. The first-order chi connectivity index (χ1) is 10.5. The number of para-hydroxylation sites is 2. The molecule has 0 radical (unpaired) electrons. The van der Waals surface area contributed by atoms with E-state index < -0.39 is 22.6 Å². The first kappa shape index (κ1) is 15.1. The van der Waals surface area contributed by atoms with Crippen molar-refractivity contribution >= 4 is 28.9 Å². The van der Waals surface area contributed by atoms with Crippen LogP contribution in [0, 0.1) is 15.9 Å². The summed E-state index contributed by atoms with van der Waals surface area (Å²) in [5.41, 5.74) is -0.344. The molecule has 0 spiro atoms. The summed E-state index contributed by atoms with van der Waals surface area (Å²) in [5.74, 6) is -2.74. The molecule has 2 N–H and O–H groups in total. The molecule has 0 aromatic heterocycles. The van der Waals surface area contributed by atoms with Crippen LogP contribution in [0.1, 0.15) is 0 Å². The van der Waals surface area contributed by atoms with Crippen LogP contribution >= 0.6 is 0 Å². The Kier molecular flexibility index (Phi) is 4.42. The summed E-state index contributed by atoms with van der Waals surface area (Å²) in [4.78, 5) is 33.6. The number of nitro benzene ring substituents is 1. The maximum absolute atomic E-state index is 13.0. The Morgan fingerprint density at radius 3 is 2.36 bits per heavy atom. The molecule has 0 atom stereocenters. The predicted octanol–water partition coefficient (Wildman–Crippen LogP) is 2.31. The van der Waals surface area contributed by atoms with Gasteiger partial charge in [0, 0.05) is 11.8 Å². The molecule has 0 fully saturated rings. The molecule has 0 heterocycles. The molecule has 0 aliphatic carbocycles. The lowest BCUT2D eigenvalue weighted by Crippen LogP contribution is -2.29. The fraction of sp³-hybridized carbons (Fsp3) is 0. The average molecular weight is 303 g/mol. The molecule has 2 aromatic rings. The number of benzene rings is 2. The van der Waals surface area contributed by atoms with Crippen LogP contribution in [0.2, 0.25) is 0 Å². The summed E-state index contributed by atoms with van der Waals surface area (Å²) in [6, 6.07) is 10.4. The van der Waals surface area contributed by atoms with E-state index in [0.717, 1.165) is 6.07 Å². The van der Waals surface area contributed by atoms with Gasteiger partial charge in [0.2, 0.25) is 0 Å². The first-order valence-corrected chi connectivity index (χ1v) is 6.08. The number of halogens is 1. The summed E-state index contributed by atoms with van der Waals surface area (Å²) < 4.78 is 13.0. The normalized spacial score (nSPS) is 9.86. The van der Waals surface area contributed by atoms with Crippen LogP contribution in [0.25, 0.3) is 0 Å². The number of rotatable bonds is 3. The second kappa shape index (κ2) is 6.44. The summed E-state index contributed by atoms with van der Waals surface area (Å²) in [6.07, 6.45) is 0. The number of nitrogens with one attached hydrogen (secondary N) is 2. The first-order valence-electron chi connectivity index (χ1n) is 6.08. The van der Waals surface area contributed by atoms with E-state index in [9.17, 15) is 24.1 Å². The molecular weight excluding hydrogens is 293 g/mol. The van der Waals surface area contributed by atoms with Crippen molar-refractivity contribution < 1.29 is 18.9 Å². The average Bonchev–Trinajstić information content (AvgIpc) is 2.47. The fourth-order valence-corrected chi connectivity index (χ4v) is 1.67. The number of carbonyl (C=O) groups excluding carboxylic acids is 2. The Balaban J connectivity index is 2.09. The summed E-state index contributed by atoms with van der Waals surface area (Å²) in [5, 5.41) is 15.1. The van der Waals surface area contributed by atoms with Gasteiger partial charge >= 0.3 is 11.8 Å². The highest BCUT2D eigenvalue weighted by Crippen LogP contribution is 2.23. The van der Waals surface area contributed by atoms with Gasteiger partial charge in [0.1, 0.15) is 11.5 Å². The maximum atomic E-state index is 13.0. The van der Waals surface area contributed by atoms with E-state index in [1.165, 1.54) is 42.5 Å². The Hall–Kier alpha value is -3.29. The van der Waals surface area contributed by atoms with E-state index in [1.54, 1.807) is 0 Å². The van der Waals surface area contributed by atoms with Gasteiger partial charge < -0.3 is 10.6 Å². The molecule has 0 bridgehead atoms. The highest BCUT2D eigenvalue weighted by molar-refractivity contribution is 6.43. The molecular formula is C14H10FN3O4. The number of hydrogen-bond acceptors (Lipinski definition) is 4. The molecule has 22 heavy (non-hydrogen) atoms. The van der Waals surface area contributed by atoms with Crippen LogP contribution < -0.4 is 10.6 Å². The summed E-state index contributed by atoms with van der Waals surface area (Å²) in [6.45, 7) is 0. The Labute approximate surface area is 123 Å². The minimum atomic E-state index is -1.10. The SMILES string of the molecule is O=C(Nc1cccc(F)c1)C(=O)Nc1ccccc1[N+](=O)[O-]. The van der Waals surface area contributed by atoms with Crippen LogP contribution in [-0.4, -0.2) is 16.7 Å². The Morgan fingerprint density at radius 2 is 1.68 bits per heavy atom. The molecule has 2 rings (SSSR count). The zero-order valence-electron chi connectivity index (χ0n) is 11.1. The molecule has 0 aliphatic rings. The van der Waals surface area contributed by atoms with E-state index in [1.807, 2.05) is 0 Å². The number of nitro groups is 1. The van der Waals surface area contributed by atoms with Gasteiger partial charge in [-0.15, -0.1) is 0 Å². The van der Waals surface area contributed by atoms with Gasteiger partial charge in [-0.3, -0.25) is 19.7 Å². The summed E-state index contributed by atoms with van der Waals surface area (Å²) >= 11 is 0. The Bertz CT molecular complexity index is 748. The van der Waals surface area contributed by atoms with Gasteiger partial charge in [0.25, 0.3) is 5.69 Å². The predicted molar refractivity (Wildman–Crippen MR) is 76.8 cm³/mol. The van der Waals surface area contributed by atoms with Crippen molar-refractivity contribution in [3.63, 3.8) is 0 Å². The lowest BCUT2D eigenvalue weighted by Gasteiger charge is -2.07. The standard InChI is InChI=1S/C14H10FN3O4/c15-9-4-3-5-10(8-9)16-13(19)14(20)17-11-6-1-2-7-12(11)18(21)22/h1-8H,(H,16,19)(H,17,20). The van der Waals surface area contributed by atoms with Crippen LogP contribution in [0.3, 0.4) is 0 Å². The van der Waals surface area contributed by atoms with Crippen molar-refractivity contribution in [3.05, 3.63) is 64.5 Å². The van der Waals surface area contributed by atoms with Gasteiger partial charge in [-0.25, -0.2) is 4.39 Å². The third-order valence-corrected chi connectivity index (χ3v) is 2.64. The zero-order valence-corrected chi connectivity index (χ0v) is 11.1. The number of amides is 2. The van der Waals surface area contributed by atoms with Crippen LogP contribution in [0.15, 0.2) is 48.5 Å². The van der Waals surface area contributed by atoms with Gasteiger partial charge in [-0.1, -0.05) is 18.2 Å². The lowest BCUT2D eigenvalue weighted by molar-refractivity contribution is -0.383. The smallest absolute Gasteiger partial charge is 0.314 e. The highest BCUT2D eigenvalue weighted by Gasteiger charge is 2.19. The van der Waals surface area contributed by atoms with E-state index in [-0.39, 0.29) is 17.1 Å². The van der Waals surface area contributed by atoms with Gasteiger partial charge in [0.15, 0.2) is 0 Å². The van der Waals surface area contributed by atoms with E-state index in [0.29, 0.717) is 0 Å².